The van der Waals surface area contributed by atoms with E-state index in [2.05, 4.69) is 25.9 Å². The SMILES string of the molecule is O=C(OCCc1cc2cc(Br)ccc2o1)C1CCCN(c2ncccn2)C1. The molecule has 1 aliphatic heterocycles. The quantitative estimate of drug-likeness (QED) is 0.571. The predicted octanol–water partition coefficient (Wildman–Crippen LogP) is 3.99. The standard InChI is InChI=1S/C20H20BrN3O3/c21-16-4-5-18-15(11-16)12-17(27-18)6-10-26-19(25)14-3-1-9-24(13-14)20-22-7-2-8-23-20/h2,4-5,7-8,11-12,14H,1,3,6,9-10,13H2. The molecule has 27 heavy (non-hydrogen) atoms. The number of aromatic nitrogens is 2. The van der Waals surface area contributed by atoms with Gasteiger partial charge in [-0.2, -0.15) is 0 Å². The fraction of sp³-hybridized carbons (Fsp3) is 0.350. The average Bonchev–Trinajstić information content (AvgIpc) is 3.10. The van der Waals surface area contributed by atoms with E-state index in [9.17, 15) is 4.79 Å². The van der Waals surface area contributed by atoms with Crippen LogP contribution in [0.1, 0.15) is 18.6 Å². The van der Waals surface area contributed by atoms with Crippen LogP contribution in [0, 0.1) is 5.92 Å². The van der Waals surface area contributed by atoms with E-state index in [1.807, 2.05) is 29.2 Å². The molecular weight excluding hydrogens is 410 g/mol. The predicted molar refractivity (Wildman–Crippen MR) is 106 cm³/mol. The monoisotopic (exact) mass is 429 g/mol. The van der Waals surface area contributed by atoms with Gasteiger partial charge >= 0.3 is 5.97 Å². The van der Waals surface area contributed by atoms with Crippen LogP contribution in [0.15, 0.2) is 51.6 Å². The maximum Gasteiger partial charge on any atom is 0.310 e. The van der Waals surface area contributed by atoms with Gasteiger partial charge in [-0.05, 0) is 43.2 Å². The molecule has 0 bridgehead atoms. The Bertz CT molecular complexity index is 929. The van der Waals surface area contributed by atoms with Crippen molar-refractivity contribution in [3.63, 3.8) is 0 Å². The zero-order valence-corrected chi connectivity index (χ0v) is 16.4. The number of nitrogens with zero attached hydrogens (tertiary/aromatic N) is 3. The zero-order chi connectivity index (χ0) is 18.6. The number of anilines is 1. The number of fused-ring (bicyclic) bond motifs is 1. The molecule has 1 unspecified atom stereocenters. The summed E-state index contributed by atoms with van der Waals surface area (Å²) in [7, 11) is 0. The van der Waals surface area contributed by atoms with Crippen molar-refractivity contribution in [1.82, 2.24) is 9.97 Å². The topological polar surface area (TPSA) is 68.5 Å². The summed E-state index contributed by atoms with van der Waals surface area (Å²) < 4.78 is 12.3. The van der Waals surface area contributed by atoms with E-state index in [0.29, 0.717) is 25.5 Å². The fourth-order valence-corrected chi connectivity index (χ4v) is 3.75. The van der Waals surface area contributed by atoms with Gasteiger partial charge in [0.2, 0.25) is 5.95 Å². The molecule has 1 atom stereocenters. The summed E-state index contributed by atoms with van der Waals surface area (Å²) in [6.45, 7) is 1.78. The minimum Gasteiger partial charge on any atom is -0.465 e. The number of furan rings is 1. The third-order valence-electron chi connectivity index (χ3n) is 4.71. The Kier molecular flexibility index (Phi) is 5.38. The van der Waals surface area contributed by atoms with Crippen LogP contribution in [-0.2, 0) is 16.0 Å². The Morgan fingerprint density at radius 2 is 2.15 bits per heavy atom. The fourth-order valence-electron chi connectivity index (χ4n) is 3.37. The Balaban J connectivity index is 1.30. The van der Waals surface area contributed by atoms with Crippen LogP contribution in [-0.4, -0.2) is 35.6 Å². The Hall–Kier alpha value is -2.41. The zero-order valence-electron chi connectivity index (χ0n) is 14.8. The first-order chi connectivity index (χ1) is 13.2. The van der Waals surface area contributed by atoms with Crippen LogP contribution in [0.3, 0.4) is 0 Å². The number of benzene rings is 1. The third kappa shape index (κ3) is 4.30. The summed E-state index contributed by atoms with van der Waals surface area (Å²) in [6.07, 6.45) is 5.76. The van der Waals surface area contributed by atoms with Crippen molar-refractivity contribution in [3.8, 4) is 0 Å². The first-order valence-electron chi connectivity index (χ1n) is 9.05. The van der Waals surface area contributed by atoms with Gasteiger partial charge in [0, 0.05) is 41.8 Å². The average molecular weight is 430 g/mol. The number of carbonyl (C=O) groups is 1. The van der Waals surface area contributed by atoms with Gasteiger partial charge in [-0.3, -0.25) is 4.79 Å². The minimum absolute atomic E-state index is 0.144. The number of esters is 1. The molecule has 0 saturated carbocycles. The molecule has 0 amide bonds. The lowest BCUT2D eigenvalue weighted by atomic mass is 9.98. The molecule has 0 spiro atoms. The van der Waals surface area contributed by atoms with Gasteiger partial charge in [0.05, 0.1) is 12.5 Å². The molecule has 0 aliphatic carbocycles. The van der Waals surface area contributed by atoms with E-state index in [4.69, 9.17) is 9.15 Å². The van der Waals surface area contributed by atoms with E-state index in [0.717, 1.165) is 40.6 Å². The van der Waals surface area contributed by atoms with Crippen molar-refractivity contribution in [2.45, 2.75) is 19.3 Å². The molecule has 0 radical (unpaired) electrons. The number of carbonyl (C=O) groups excluding carboxylic acids is 1. The number of piperidine rings is 1. The van der Waals surface area contributed by atoms with Crippen molar-refractivity contribution in [3.05, 3.63) is 53.0 Å². The largest absolute Gasteiger partial charge is 0.465 e. The lowest BCUT2D eigenvalue weighted by Crippen LogP contribution is -2.40. The highest BCUT2D eigenvalue weighted by Gasteiger charge is 2.28. The summed E-state index contributed by atoms with van der Waals surface area (Å²) in [6, 6.07) is 9.66. The highest BCUT2D eigenvalue weighted by molar-refractivity contribution is 9.10. The van der Waals surface area contributed by atoms with Gasteiger partial charge in [0.15, 0.2) is 0 Å². The normalized spacial score (nSPS) is 17.2. The molecule has 1 aromatic carbocycles. The van der Waals surface area contributed by atoms with Crippen LogP contribution in [0.5, 0.6) is 0 Å². The molecule has 1 aliphatic rings. The summed E-state index contributed by atoms with van der Waals surface area (Å²) in [5.74, 6) is 1.19. The molecule has 3 heterocycles. The number of hydrogen-bond donors (Lipinski definition) is 0. The van der Waals surface area contributed by atoms with Gasteiger partial charge in [0.25, 0.3) is 0 Å². The van der Waals surface area contributed by atoms with Crippen molar-refractivity contribution in [2.24, 2.45) is 5.92 Å². The maximum absolute atomic E-state index is 12.5. The first kappa shape index (κ1) is 18.0. The number of hydrogen-bond acceptors (Lipinski definition) is 6. The minimum atomic E-state index is -0.158. The van der Waals surface area contributed by atoms with Crippen LogP contribution in [0.2, 0.25) is 0 Å². The molecule has 0 N–H and O–H groups in total. The first-order valence-corrected chi connectivity index (χ1v) is 9.85. The van der Waals surface area contributed by atoms with E-state index in [1.54, 1.807) is 18.5 Å². The third-order valence-corrected chi connectivity index (χ3v) is 5.21. The second kappa shape index (κ2) is 8.08. The van der Waals surface area contributed by atoms with E-state index >= 15 is 0 Å². The van der Waals surface area contributed by atoms with E-state index < -0.39 is 0 Å². The summed E-state index contributed by atoms with van der Waals surface area (Å²) >= 11 is 3.46. The van der Waals surface area contributed by atoms with E-state index in [-0.39, 0.29) is 11.9 Å². The van der Waals surface area contributed by atoms with Crippen molar-refractivity contribution in [2.75, 3.05) is 24.6 Å². The smallest absolute Gasteiger partial charge is 0.310 e. The Labute approximate surface area is 165 Å². The van der Waals surface area contributed by atoms with E-state index in [1.165, 1.54) is 0 Å². The van der Waals surface area contributed by atoms with Crippen LogP contribution in [0.25, 0.3) is 11.0 Å². The molecule has 6 nitrogen and oxygen atoms in total. The molecule has 140 valence electrons. The lowest BCUT2D eigenvalue weighted by molar-refractivity contribution is -0.148. The Morgan fingerprint density at radius 1 is 1.30 bits per heavy atom. The molecule has 1 saturated heterocycles. The van der Waals surface area contributed by atoms with Crippen LogP contribution < -0.4 is 4.90 Å². The van der Waals surface area contributed by atoms with Crippen LogP contribution >= 0.6 is 15.9 Å². The summed E-state index contributed by atoms with van der Waals surface area (Å²) in [5, 5.41) is 1.04. The number of halogens is 1. The molecular formula is C20H20BrN3O3. The van der Waals surface area contributed by atoms with Gasteiger partial charge in [-0.25, -0.2) is 9.97 Å². The highest BCUT2D eigenvalue weighted by Crippen LogP contribution is 2.24. The lowest BCUT2D eigenvalue weighted by Gasteiger charge is -2.31. The molecule has 4 rings (SSSR count). The van der Waals surface area contributed by atoms with Gasteiger partial charge in [0.1, 0.15) is 11.3 Å². The van der Waals surface area contributed by atoms with Gasteiger partial charge in [-0.15, -0.1) is 0 Å². The second-order valence-electron chi connectivity index (χ2n) is 6.65. The second-order valence-corrected chi connectivity index (χ2v) is 7.56. The molecule has 7 heteroatoms. The van der Waals surface area contributed by atoms with Crippen molar-refractivity contribution in [1.29, 1.82) is 0 Å². The molecule has 1 fully saturated rings. The molecule has 3 aromatic rings. The van der Waals surface area contributed by atoms with Gasteiger partial charge in [-0.1, -0.05) is 15.9 Å². The molecule has 2 aromatic heterocycles. The maximum atomic E-state index is 12.5. The Morgan fingerprint density at radius 3 is 3.00 bits per heavy atom. The summed E-state index contributed by atoms with van der Waals surface area (Å²) in [4.78, 5) is 23.0. The van der Waals surface area contributed by atoms with Crippen molar-refractivity contribution >= 4 is 38.8 Å². The number of rotatable bonds is 5. The van der Waals surface area contributed by atoms with Crippen molar-refractivity contribution < 1.29 is 13.9 Å². The van der Waals surface area contributed by atoms with Crippen LogP contribution in [0.4, 0.5) is 5.95 Å². The summed E-state index contributed by atoms with van der Waals surface area (Å²) in [5.41, 5.74) is 0.838. The van der Waals surface area contributed by atoms with Gasteiger partial charge < -0.3 is 14.1 Å². The highest BCUT2D eigenvalue weighted by atomic mass is 79.9. The number of ether oxygens (including phenoxy) is 1.